The number of amides is 1. The standard InChI is InChI=1S/C18H22F3N3O4S/c1-28-6-5-22-16(27)11-8-12(25)14(26)13-15(11)29-17(24-13)23-10-4-2-3-9(7-10)18(19,20)21/h2-4,7,11-15,25-26H,5-6,8H2,1H3,(H,22,27)(H,23,24)/t11-,12-,13-,14+,15-/m1/s1. The number of carbonyl (C=O) groups is 1. The summed E-state index contributed by atoms with van der Waals surface area (Å²) in [4.78, 5) is 16.8. The number of ether oxygens (including phenoxy) is 1. The lowest BCUT2D eigenvalue weighted by atomic mass is 9.81. The van der Waals surface area contributed by atoms with E-state index >= 15 is 0 Å². The number of amidine groups is 1. The smallest absolute Gasteiger partial charge is 0.390 e. The predicted molar refractivity (Wildman–Crippen MR) is 103 cm³/mol. The second-order valence-corrected chi connectivity index (χ2v) is 8.06. The number of aliphatic imine (C=N–C) groups is 1. The lowest BCUT2D eigenvalue weighted by Crippen LogP contribution is -2.54. The molecule has 1 heterocycles. The molecule has 160 valence electrons. The van der Waals surface area contributed by atoms with Crippen LogP contribution in [0.2, 0.25) is 0 Å². The number of alkyl halides is 3. The quantitative estimate of drug-likeness (QED) is 0.525. The molecule has 1 aliphatic carbocycles. The second-order valence-electron chi connectivity index (χ2n) is 6.89. The largest absolute Gasteiger partial charge is 0.416 e. The van der Waals surface area contributed by atoms with Gasteiger partial charge in [-0.1, -0.05) is 17.8 Å². The normalized spacial score (nSPS) is 29.2. The van der Waals surface area contributed by atoms with Gasteiger partial charge in [-0.2, -0.15) is 13.2 Å². The number of halogens is 3. The Morgan fingerprint density at radius 2 is 2.14 bits per heavy atom. The molecule has 1 aromatic carbocycles. The minimum atomic E-state index is -4.47. The summed E-state index contributed by atoms with van der Waals surface area (Å²) in [7, 11) is 1.51. The Morgan fingerprint density at radius 1 is 1.38 bits per heavy atom. The molecule has 5 atom stereocenters. The molecule has 0 saturated heterocycles. The molecule has 2 aliphatic rings. The number of benzene rings is 1. The molecule has 0 aromatic heterocycles. The summed E-state index contributed by atoms with van der Waals surface area (Å²) in [6.45, 7) is 0.645. The number of methoxy groups -OCH3 is 1. The first kappa shape index (κ1) is 21.9. The molecule has 0 unspecified atom stereocenters. The maximum Gasteiger partial charge on any atom is 0.416 e. The van der Waals surface area contributed by atoms with Crippen LogP contribution in [-0.4, -0.2) is 65.0 Å². The zero-order chi connectivity index (χ0) is 21.2. The van der Waals surface area contributed by atoms with Crippen molar-refractivity contribution in [2.75, 3.05) is 25.6 Å². The number of nitrogens with one attached hydrogen (secondary N) is 2. The third kappa shape index (κ3) is 5.03. The fourth-order valence-electron chi connectivity index (χ4n) is 3.41. The van der Waals surface area contributed by atoms with Crippen molar-refractivity contribution >= 4 is 28.5 Å². The van der Waals surface area contributed by atoms with E-state index < -0.39 is 41.2 Å². The Labute approximate surface area is 169 Å². The third-order valence-corrected chi connectivity index (χ3v) is 6.18. The topological polar surface area (TPSA) is 103 Å². The number of thioether (sulfide) groups is 1. The maximum atomic E-state index is 12.9. The Morgan fingerprint density at radius 3 is 2.83 bits per heavy atom. The summed E-state index contributed by atoms with van der Waals surface area (Å²) in [6, 6.07) is 3.94. The molecule has 3 rings (SSSR count). The van der Waals surface area contributed by atoms with Crippen molar-refractivity contribution in [2.24, 2.45) is 10.9 Å². The van der Waals surface area contributed by atoms with Gasteiger partial charge in [-0.15, -0.1) is 0 Å². The van der Waals surface area contributed by atoms with Crippen LogP contribution in [0.1, 0.15) is 12.0 Å². The summed E-state index contributed by atoms with van der Waals surface area (Å²) in [5.41, 5.74) is -0.602. The van der Waals surface area contributed by atoms with E-state index in [2.05, 4.69) is 15.6 Å². The van der Waals surface area contributed by atoms with Crippen LogP contribution in [0.5, 0.6) is 0 Å². The van der Waals surface area contributed by atoms with Gasteiger partial charge in [0.15, 0.2) is 5.17 Å². The number of aliphatic hydroxyl groups excluding tert-OH is 2. The Kier molecular flexibility index (Phi) is 6.72. The molecule has 7 nitrogen and oxygen atoms in total. The molecule has 1 amide bonds. The molecule has 0 bridgehead atoms. The predicted octanol–water partition coefficient (Wildman–Crippen LogP) is 1.46. The molecular weight excluding hydrogens is 411 g/mol. The van der Waals surface area contributed by atoms with Crippen molar-refractivity contribution in [1.29, 1.82) is 0 Å². The van der Waals surface area contributed by atoms with Gasteiger partial charge in [0.25, 0.3) is 0 Å². The van der Waals surface area contributed by atoms with Gasteiger partial charge in [-0.3, -0.25) is 9.79 Å². The van der Waals surface area contributed by atoms with E-state index in [0.29, 0.717) is 18.3 Å². The first-order valence-electron chi connectivity index (χ1n) is 9.02. The number of hydrogen-bond acceptors (Lipinski definition) is 7. The number of anilines is 1. The Bertz CT molecular complexity index is 777. The van der Waals surface area contributed by atoms with Crippen LogP contribution in [0, 0.1) is 5.92 Å². The lowest BCUT2D eigenvalue weighted by Gasteiger charge is -2.37. The fourth-order valence-corrected chi connectivity index (χ4v) is 4.79. The molecule has 1 aromatic rings. The number of fused-ring (bicyclic) bond motifs is 1. The third-order valence-electron chi connectivity index (χ3n) is 4.87. The number of hydrogen-bond donors (Lipinski definition) is 4. The summed E-state index contributed by atoms with van der Waals surface area (Å²) < 4.78 is 43.6. The summed E-state index contributed by atoms with van der Waals surface area (Å²) in [6.07, 6.45) is -6.68. The van der Waals surface area contributed by atoms with Gasteiger partial charge in [0.05, 0.1) is 30.2 Å². The fraction of sp³-hybridized carbons (Fsp3) is 0.556. The molecular formula is C18H22F3N3O4S. The molecule has 29 heavy (non-hydrogen) atoms. The highest BCUT2D eigenvalue weighted by atomic mass is 32.2. The van der Waals surface area contributed by atoms with Crippen molar-refractivity contribution in [3.8, 4) is 0 Å². The van der Waals surface area contributed by atoms with E-state index in [-0.39, 0.29) is 18.0 Å². The lowest BCUT2D eigenvalue weighted by molar-refractivity contribution is -0.137. The summed E-state index contributed by atoms with van der Waals surface area (Å²) >= 11 is 1.18. The van der Waals surface area contributed by atoms with E-state index in [0.717, 1.165) is 12.1 Å². The minimum Gasteiger partial charge on any atom is -0.390 e. The Balaban J connectivity index is 1.73. The zero-order valence-corrected chi connectivity index (χ0v) is 16.3. The van der Waals surface area contributed by atoms with E-state index in [1.807, 2.05) is 0 Å². The monoisotopic (exact) mass is 433 g/mol. The molecule has 11 heteroatoms. The van der Waals surface area contributed by atoms with Crippen LogP contribution in [-0.2, 0) is 15.7 Å². The highest BCUT2D eigenvalue weighted by molar-refractivity contribution is 8.15. The van der Waals surface area contributed by atoms with Gasteiger partial charge in [0.1, 0.15) is 6.10 Å². The molecule has 1 fully saturated rings. The molecule has 0 spiro atoms. The zero-order valence-electron chi connectivity index (χ0n) is 15.5. The maximum absolute atomic E-state index is 12.9. The molecule has 4 N–H and O–H groups in total. The van der Waals surface area contributed by atoms with Gasteiger partial charge in [-0.25, -0.2) is 0 Å². The Hall–Kier alpha value is -1.82. The average molecular weight is 433 g/mol. The van der Waals surface area contributed by atoms with Crippen molar-refractivity contribution in [1.82, 2.24) is 5.32 Å². The van der Waals surface area contributed by atoms with Crippen LogP contribution in [0.3, 0.4) is 0 Å². The van der Waals surface area contributed by atoms with Crippen LogP contribution in [0.25, 0.3) is 0 Å². The van der Waals surface area contributed by atoms with Gasteiger partial charge >= 0.3 is 6.18 Å². The van der Waals surface area contributed by atoms with Crippen LogP contribution < -0.4 is 10.6 Å². The van der Waals surface area contributed by atoms with Crippen molar-refractivity contribution in [2.45, 2.75) is 36.1 Å². The number of nitrogens with zero attached hydrogens (tertiary/aromatic N) is 1. The molecule has 1 aliphatic heterocycles. The molecule has 1 saturated carbocycles. The average Bonchev–Trinajstić information content (AvgIpc) is 3.08. The van der Waals surface area contributed by atoms with E-state index in [1.54, 1.807) is 0 Å². The van der Waals surface area contributed by atoms with Gasteiger partial charge in [-0.05, 0) is 24.6 Å². The minimum absolute atomic E-state index is 0.0699. The second kappa shape index (κ2) is 8.90. The number of carbonyl (C=O) groups excluding carboxylic acids is 1. The van der Waals surface area contributed by atoms with Crippen LogP contribution in [0.15, 0.2) is 29.3 Å². The van der Waals surface area contributed by atoms with Crippen molar-refractivity contribution in [3.63, 3.8) is 0 Å². The van der Waals surface area contributed by atoms with Gasteiger partial charge < -0.3 is 25.6 Å². The number of rotatable bonds is 5. The van der Waals surface area contributed by atoms with Crippen molar-refractivity contribution < 1.29 is 32.9 Å². The van der Waals surface area contributed by atoms with Crippen molar-refractivity contribution in [3.05, 3.63) is 29.8 Å². The number of aliphatic hydroxyl groups is 2. The van der Waals surface area contributed by atoms with E-state index in [1.165, 1.54) is 31.0 Å². The highest BCUT2D eigenvalue weighted by Crippen LogP contribution is 2.41. The van der Waals surface area contributed by atoms with Crippen LogP contribution in [0.4, 0.5) is 18.9 Å². The van der Waals surface area contributed by atoms with E-state index in [9.17, 15) is 28.2 Å². The summed E-state index contributed by atoms with van der Waals surface area (Å²) in [5.74, 6) is -0.893. The first-order valence-corrected chi connectivity index (χ1v) is 9.90. The van der Waals surface area contributed by atoms with Gasteiger partial charge in [0, 0.05) is 24.6 Å². The van der Waals surface area contributed by atoms with E-state index in [4.69, 9.17) is 4.74 Å². The molecule has 0 radical (unpaired) electrons. The van der Waals surface area contributed by atoms with Crippen LogP contribution >= 0.6 is 11.8 Å². The first-order chi connectivity index (χ1) is 13.7. The summed E-state index contributed by atoms with van der Waals surface area (Å²) in [5, 5.41) is 25.8. The SMILES string of the molecule is COCCNC(=O)[C@@H]1C[C@@H](O)[C@H](O)[C@H]2N=C(Nc3cccc(C(F)(F)F)c3)S[C@@H]21. The van der Waals surface area contributed by atoms with Gasteiger partial charge in [0.2, 0.25) is 5.91 Å². The highest BCUT2D eigenvalue weighted by Gasteiger charge is 2.50.